The average Bonchev–Trinajstić information content (AvgIpc) is 3.04. The Hall–Kier alpha value is -1.02. The SMILES string of the molecule is CCC(Nc1ccc2sccc2c1)C1CC1. The Morgan fingerprint density at radius 2 is 2.25 bits per heavy atom. The highest BCUT2D eigenvalue weighted by Crippen LogP contribution is 2.36. The molecule has 1 atom stereocenters. The largest absolute Gasteiger partial charge is 0.382 e. The Morgan fingerprint density at radius 1 is 1.38 bits per heavy atom. The minimum Gasteiger partial charge on any atom is -0.382 e. The van der Waals surface area contributed by atoms with E-state index in [2.05, 4.69) is 41.9 Å². The highest BCUT2D eigenvalue weighted by atomic mass is 32.1. The predicted octanol–water partition coefficient (Wildman–Crippen LogP) is 4.50. The van der Waals surface area contributed by atoms with Crippen LogP contribution in [0.25, 0.3) is 10.1 Å². The van der Waals surface area contributed by atoms with Crippen molar-refractivity contribution in [1.29, 1.82) is 0 Å². The fraction of sp³-hybridized carbons (Fsp3) is 0.429. The number of fused-ring (bicyclic) bond motifs is 1. The van der Waals surface area contributed by atoms with Gasteiger partial charge < -0.3 is 5.32 Å². The number of hydrogen-bond acceptors (Lipinski definition) is 2. The lowest BCUT2D eigenvalue weighted by atomic mass is 10.1. The molecule has 1 aliphatic carbocycles. The van der Waals surface area contributed by atoms with Gasteiger partial charge in [-0.1, -0.05) is 6.92 Å². The summed E-state index contributed by atoms with van der Waals surface area (Å²) in [4.78, 5) is 0. The van der Waals surface area contributed by atoms with Crippen LogP contribution in [0.1, 0.15) is 26.2 Å². The smallest absolute Gasteiger partial charge is 0.0349 e. The van der Waals surface area contributed by atoms with Crippen molar-refractivity contribution in [2.75, 3.05) is 5.32 Å². The van der Waals surface area contributed by atoms with Crippen LogP contribution in [0.2, 0.25) is 0 Å². The zero-order valence-electron chi connectivity index (χ0n) is 9.57. The quantitative estimate of drug-likeness (QED) is 0.816. The average molecular weight is 231 g/mol. The van der Waals surface area contributed by atoms with Crippen LogP contribution in [-0.2, 0) is 0 Å². The van der Waals surface area contributed by atoms with Crippen LogP contribution in [0.4, 0.5) is 5.69 Å². The number of hydrogen-bond donors (Lipinski definition) is 1. The molecule has 0 radical (unpaired) electrons. The summed E-state index contributed by atoms with van der Waals surface area (Å²) in [6.45, 7) is 2.28. The van der Waals surface area contributed by atoms with E-state index in [4.69, 9.17) is 0 Å². The zero-order valence-corrected chi connectivity index (χ0v) is 10.4. The van der Waals surface area contributed by atoms with Gasteiger partial charge in [0.15, 0.2) is 0 Å². The lowest BCUT2D eigenvalue weighted by Crippen LogP contribution is -2.20. The van der Waals surface area contributed by atoms with Crippen molar-refractivity contribution in [3.8, 4) is 0 Å². The molecule has 0 aliphatic heterocycles. The van der Waals surface area contributed by atoms with Gasteiger partial charge >= 0.3 is 0 Å². The van der Waals surface area contributed by atoms with Gasteiger partial charge in [-0.15, -0.1) is 11.3 Å². The normalized spacial score (nSPS) is 17.6. The number of benzene rings is 1. The van der Waals surface area contributed by atoms with Gasteiger partial charge in [0.2, 0.25) is 0 Å². The predicted molar refractivity (Wildman–Crippen MR) is 72.3 cm³/mol. The molecule has 16 heavy (non-hydrogen) atoms. The lowest BCUT2D eigenvalue weighted by Gasteiger charge is -2.17. The Morgan fingerprint density at radius 3 is 3.00 bits per heavy atom. The summed E-state index contributed by atoms with van der Waals surface area (Å²) < 4.78 is 1.38. The fourth-order valence-corrected chi connectivity index (χ4v) is 3.09. The number of thiophene rings is 1. The van der Waals surface area contributed by atoms with E-state index in [0.717, 1.165) is 5.92 Å². The highest BCUT2D eigenvalue weighted by Gasteiger charge is 2.29. The molecule has 0 bridgehead atoms. The first-order valence-corrected chi connectivity index (χ1v) is 6.98. The Kier molecular flexibility index (Phi) is 2.60. The van der Waals surface area contributed by atoms with E-state index < -0.39 is 0 Å². The van der Waals surface area contributed by atoms with Crippen molar-refractivity contribution < 1.29 is 0 Å². The molecule has 1 N–H and O–H groups in total. The Bertz CT molecular complexity index is 484. The summed E-state index contributed by atoms with van der Waals surface area (Å²) in [7, 11) is 0. The van der Waals surface area contributed by atoms with Gasteiger partial charge in [0.05, 0.1) is 0 Å². The van der Waals surface area contributed by atoms with Crippen LogP contribution < -0.4 is 5.32 Å². The Labute approximate surface area is 100 Å². The minimum absolute atomic E-state index is 0.677. The standard InChI is InChI=1S/C14H17NS/c1-2-13(10-3-4-10)15-12-5-6-14-11(9-12)7-8-16-14/h5-10,13,15H,2-4H2,1H3. The second kappa shape index (κ2) is 4.10. The van der Waals surface area contributed by atoms with Crippen LogP contribution in [0.3, 0.4) is 0 Å². The number of rotatable bonds is 4. The summed E-state index contributed by atoms with van der Waals surface area (Å²) in [6.07, 6.45) is 4.05. The van der Waals surface area contributed by atoms with E-state index in [9.17, 15) is 0 Å². The van der Waals surface area contributed by atoms with Gasteiger partial charge in [0, 0.05) is 16.4 Å². The first-order valence-electron chi connectivity index (χ1n) is 6.10. The van der Waals surface area contributed by atoms with E-state index in [0.29, 0.717) is 6.04 Å². The highest BCUT2D eigenvalue weighted by molar-refractivity contribution is 7.17. The molecule has 2 heteroatoms. The molecule has 84 valence electrons. The number of anilines is 1. The molecule has 0 spiro atoms. The van der Waals surface area contributed by atoms with E-state index in [1.165, 1.54) is 35.0 Å². The molecule has 1 aromatic heterocycles. The van der Waals surface area contributed by atoms with Crippen LogP contribution in [0.5, 0.6) is 0 Å². The van der Waals surface area contributed by atoms with Gasteiger partial charge in [-0.3, -0.25) is 0 Å². The Balaban J connectivity index is 1.81. The molecule has 1 unspecified atom stereocenters. The van der Waals surface area contributed by atoms with Gasteiger partial charge in [-0.05, 0) is 60.2 Å². The van der Waals surface area contributed by atoms with Crippen LogP contribution in [0.15, 0.2) is 29.6 Å². The van der Waals surface area contributed by atoms with Gasteiger partial charge in [0.25, 0.3) is 0 Å². The summed E-state index contributed by atoms with van der Waals surface area (Å²) >= 11 is 1.81. The van der Waals surface area contributed by atoms with Crippen LogP contribution in [0, 0.1) is 5.92 Å². The third-order valence-corrected chi connectivity index (χ3v) is 4.33. The molecule has 3 rings (SSSR count). The van der Waals surface area contributed by atoms with E-state index in [1.54, 1.807) is 0 Å². The summed E-state index contributed by atoms with van der Waals surface area (Å²) in [5.41, 5.74) is 1.28. The monoisotopic (exact) mass is 231 g/mol. The van der Waals surface area contributed by atoms with Crippen molar-refractivity contribution in [2.24, 2.45) is 5.92 Å². The second-order valence-electron chi connectivity index (χ2n) is 4.67. The topological polar surface area (TPSA) is 12.0 Å². The maximum Gasteiger partial charge on any atom is 0.0349 e. The van der Waals surface area contributed by atoms with Crippen molar-refractivity contribution >= 4 is 27.1 Å². The van der Waals surface area contributed by atoms with Crippen LogP contribution >= 0.6 is 11.3 Å². The summed E-state index contributed by atoms with van der Waals surface area (Å²) in [5, 5.41) is 7.20. The van der Waals surface area contributed by atoms with Gasteiger partial charge in [0.1, 0.15) is 0 Å². The maximum absolute atomic E-state index is 3.68. The number of nitrogens with one attached hydrogen (secondary N) is 1. The molecular weight excluding hydrogens is 214 g/mol. The van der Waals surface area contributed by atoms with Crippen LogP contribution in [-0.4, -0.2) is 6.04 Å². The maximum atomic E-state index is 3.68. The van der Waals surface area contributed by atoms with E-state index in [-0.39, 0.29) is 0 Å². The van der Waals surface area contributed by atoms with Gasteiger partial charge in [-0.2, -0.15) is 0 Å². The van der Waals surface area contributed by atoms with Crippen molar-refractivity contribution in [2.45, 2.75) is 32.2 Å². The van der Waals surface area contributed by atoms with Crippen molar-refractivity contribution in [3.05, 3.63) is 29.6 Å². The lowest BCUT2D eigenvalue weighted by molar-refractivity contribution is 0.617. The third kappa shape index (κ3) is 1.94. The molecule has 2 aromatic rings. The molecule has 0 amide bonds. The first kappa shape index (κ1) is 10.2. The third-order valence-electron chi connectivity index (χ3n) is 3.44. The second-order valence-corrected chi connectivity index (χ2v) is 5.62. The molecule has 1 aliphatic rings. The molecule has 1 fully saturated rings. The first-order chi connectivity index (χ1) is 7.86. The molecule has 1 aromatic carbocycles. The molecule has 0 saturated heterocycles. The minimum atomic E-state index is 0.677. The van der Waals surface area contributed by atoms with Crippen molar-refractivity contribution in [3.63, 3.8) is 0 Å². The molecule has 1 nitrogen and oxygen atoms in total. The summed E-state index contributed by atoms with van der Waals surface area (Å²) in [5.74, 6) is 0.920. The van der Waals surface area contributed by atoms with E-state index in [1.807, 2.05) is 11.3 Å². The summed E-state index contributed by atoms with van der Waals surface area (Å²) in [6, 6.07) is 9.59. The molecule has 1 heterocycles. The zero-order chi connectivity index (χ0) is 11.0. The molecule has 1 saturated carbocycles. The van der Waals surface area contributed by atoms with E-state index >= 15 is 0 Å². The fourth-order valence-electron chi connectivity index (χ4n) is 2.32. The molecular formula is C14H17NS. The van der Waals surface area contributed by atoms with Crippen molar-refractivity contribution in [1.82, 2.24) is 0 Å². The van der Waals surface area contributed by atoms with Gasteiger partial charge in [-0.25, -0.2) is 0 Å².